The highest BCUT2D eigenvalue weighted by atomic mass is 31.2. The van der Waals surface area contributed by atoms with E-state index < -0.39 is 26.5 Å². The highest BCUT2D eigenvalue weighted by Crippen LogP contribution is 2.43. The Kier molecular flexibility index (Phi) is 71.2. The van der Waals surface area contributed by atoms with Crippen molar-refractivity contribution in [2.75, 3.05) is 47.5 Å². The highest BCUT2D eigenvalue weighted by molar-refractivity contribution is 7.47. The van der Waals surface area contributed by atoms with Crippen molar-refractivity contribution in [2.24, 2.45) is 0 Å². The maximum atomic E-state index is 12.9. The molecule has 92 heavy (non-hydrogen) atoms. The quantitative estimate of drug-likeness (QED) is 0.0211. The maximum Gasteiger partial charge on any atom is 0.472 e. The van der Waals surface area contributed by atoms with E-state index in [0.29, 0.717) is 23.9 Å². The van der Waals surface area contributed by atoms with Crippen LogP contribution in [0.5, 0.6) is 0 Å². The Labute approximate surface area is 572 Å². The summed E-state index contributed by atoms with van der Waals surface area (Å²) in [5, 5.41) is 0. The van der Waals surface area contributed by atoms with Crippen molar-refractivity contribution in [2.45, 2.75) is 405 Å². The van der Waals surface area contributed by atoms with Gasteiger partial charge in [0, 0.05) is 12.8 Å². The molecule has 0 rings (SSSR count). The van der Waals surface area contributed by atoms with Crippen LogP contribution in [0.4, 0.5) is 0 Å². The van der Waals surface area contributed by atoms with Gasteiger partial charge in [-0.15, -0.1) is 0 Å². The molecule has 2 unspecified atom stereocenters. The van der Waals surface area contributed by atoms with Crippen molar-refractivity contribution in [1.82, 2.24) is 0 Å². The molecule has 10 heteroatoms. The zero-order chi connectivity index (χ0) is 66.9. The van der Waals surface area contributed by atoms with Crippen molar-refractivity contribution in [1.29, 1.82) is 0 Å². The fourth-order valence-electron chi connectivity index (χ4n) is 11.9. The fraction of sp³-hybridized carbons (Fsp3) is 0.854. The molecule has 0 aliphatic carbocycles. The molecule has 540 valence electrons. The standard InChI is InChI=1S/C82H154NO8P/c1-6-8-10-12-14-16-18-20-22-24-26-28-30-32-34-35-36-37-38-39-40-41-42-43-44-45-46-47-49-50-52-54-56-58-60-62-64-66-68-70-72-74-81(84)88-78-80(79-90-92(86,87)89-77-76-83(3,4)5)91-82(85)75-73-71-69-67-65-63-61-59-57-55-53-51-48-33-31-29-27-25-23-21-19-17-15-13-11-9-7-2/h18-21,24-27,31,33,80H,6-17,22-23,28-30,32,34-79H2,1-5H3/p+1/b20-18-,21-19-,26-24-,27-25-,33-31-. The lowest BCUT2D eigenvalue weighted by molar-refractivity contribution is -0.870. The van der Waals surface area contributed by atoms with Crippen LogP contribution in [-0.4, -0.2) is 74.9 Å². The van der Waals surface area contributed by atoms with Crippen molar-refractivity contribution < 1.29 is 42.1 Å². The number of ether oxygens (including phenoxy) is 2. The Morgan fingerprint density at radius 2 is 0.587 bits per heavy atom. The van der Waals surface area contributed by atoms with Gasteiger partial charge in [0.25, 0.3) is 0 Å². The minimum absolute atomic E-state index is 0.0324. The molecule has 0 spiro atoms. The zero-order valence-corrected chi connectivity index (χ0v) is 62.7. The number of esters is 2. The molecule has 0 saturated carbocycles. The van der Waals surface area contributed by atoms with Crippen molar-refractivity contribution in [3.05, 3.63) is 60.8 Å². The normalized spacial score (nSPS) is 13.3. The minimum atomic E-state index is -4.39. The Hall–Kier alpha value is -2.29. The third-order valence-electron chi connectivity index (χ3n) is 18.0. The van der Waals surface area contributed by atoms with Crippen molar-refractivity contribution >= 4 is 19.8 Å². The zero-order valence-electron chi connectivity index (χ0n) is 61.8. The number of carbonyl (C=O) groups excluding carboxylic acids is 2. The molecule has 0 aliphatic rings. The molecule has 9 nitrogen and oxygen atoms in total. The molecule has 0 fully saturated rings. The summed E-state index contributed by atoms with van der Waals surface area (Å²) in [6.45, 7) is 4.47. The van der Waals surface area contributed by atoms with E-state index in [0.717, 1.165) is 57.8 Å². The third kappa shape index (κ3) is 76.7. The lowest BCUT2D eigenvalue weighted by Gasteiger charge is -2.24. The van der Waals surface area contributed by atoms with Crippen molar-refractivity contribution in [3.8, 4) is 0 Å². The Balaban J connectivity index is 3.89. The number of quaternary nitrogens is 1. The van der Waals surface area contributed by atoms with Gasteiger partial charge in [-0.05, 0) is 83.5 Å². The highest BCUT2D eigenvalue weighted by Gasteiger charge is 2.27. The van der Waals surface area contributed by atoms with Crippen LogP contribution in [0.1, 0.15) is 399 Å². The molecule has 0 saturated heterocycles. The Bertz CT molecular complexity index is 1740. The van der Waals surface area contributed by atoms with Gasteiger partial charge in [0.05, 0.1) is 27.7 Å². The average molecular weight is 1310 g/mol. The molecule has 1 N–H and O–H groups in total. The predicted molar refractivity (Wildman–Crippen MR) is 400 cm³/mol. The third-order valence-corrected chi connectivity index (χ3v) is 19.0. The molecule has 0 aliphatic heterocycles. The van der Waals surface area contributed by atoms with Gasteiger partial charge in [-0.1, -0.05) is 364 Å². The number of unbranched alkanes of at least 4 members (excludes halogenated alkanes) is 51. The molecule has 0 aromatic carbocycles. The second kappa shape index (κ2) is 73.0. The van der Waals surface area contributed by atoms with Crippen molar-refractivity contribution in [3.63, 3.8) is 0 Å². The number of hydrogen-bond acceptors (Lipinski definition) is 7. The average Bonchev–Trinajstić information content (AvgIpc) is 2.14. The molecule has 0 heterocycles. The van der Waals surface area contributed by atoms with Gasteiger partial charge in [-0.3, -0.25) is 18.6 Å². The van der Waals surface area contributed by atoms with Crippen LogP contribution >= 0.6 is 7.82 Å². The van der Waals surface area contributed by atoms with Crippen LogP contribution < -0.4 is 0 Å². The van der Waals surface area contributed by atoms with E-state index >= 15 is 0 Å². The van der Waals surface area contributed by atoms with Crippen LogP contribution in [0.2, 0.25) is 0 Å². The number of hydrogen-bond donors (Lipinski definition) is 1. The van der Waals surface area contributed by atoms with Gasteiger partial charge < -0.3 is 18.9 Å². The summed E-state index contributed by atoms with van der Waals surface area (Å²) in [7, 11) is 1.49. The molecular formula is C82H155NO8P+. The number of nitrogens with zero attached hydrogens (tertiary/aromatic N) is 1. The summed E-state index contributed by atoms with van der Waals surface area (Å²) in [5.74, 6) is -0.780. The molecular weight excluding hydrogens is 1160 g/mol. The number of likely N-dealkylation sites (N-methyl/N-ethyl adjacent to an activating group) is 1. The SMILES string of the molecule is CCCCCCC/C=C\C/C=C\C/C=C\CCCCCCCCCCCCCCC(=O)OC(COC(=O)CCCCCCCCCCCCCCCCCCCCCCCCCCCCCCC/C=C\C/C=C\CCCCCCC)COP(=O)(O)OCC[N+](C)(C)C. The first kappa shape index (κ1) is 89.7. The molecule has 0 bridgehead atoms. The first-order valence-electron chi connectivity index (χ1n) is 40.0. The van der Waals surface area contributed by atoms with Gasteiger partial charge >= 0.3 is 19.8 Å². The number of phosphoric ester groups is 1. The summed E-state index contributed by atoms with van der Waals surface area (Å²) < 4.78 is 34.8. The van der Waals surface area contributed by atoms with Gasteiger partial charge in [0.15, 0.2) is 6.10 Å². The first-order valence-corrected chi connectivity index (χ1v) is 41.5. The van der Waals surface area contributed by atoms with E-state index in [4.69, 9.17) is 18.5 Å². The monoisotopic (exact) mass is 1310 g/mol. The first-order chi connectivity index (χ1) is 45.0. The Morgan fingerprint density at radius 3 is 0.870 bits per heavy atom. The topological polar surface area (TPSA) is 108 Å². The van der Waals surface area contributed by atoms with E-state index in [-0.39, 0.29) is 25.6 Å². The second-order valence-corrected chi connectivity index (χ2v) is 29.9. The van der Waals surface area contributed by atoms with Crippen LogP contribution in [0.3, 0.4) is 0 Å². The largest absolute Gasteiger partial charge is 0.472 e. The maximum absolute atomic E-state index is 12.9. The molecule has 0 amide bonds. The predicted octanol–water partition coefficient (Wildman–Crippen LogP) is 26.5. The van der Waals surface area contributed by atoms with Gasteiger partial charge in [-0.25, -0.2) is 4.57 Å². The minimum Gasteiger partial charge on any atom is -0.462 e. The van der Waals surface area contributed by atoms with E-state index in [1.165, 1.54) is 308 Å². The van der Waals surface area contributed by atoms with E-state index in [2.05, 4.69) is 74.6 Å². The van der Waals surface area contributed by atoms with E-state index in [9.17, 15) is 19.0 Å². The van der Waals surface area contributed by atoms with E-state index in [1.807, 2.05) is 21.1 Å². The number of phosphoric acid groups is 1. The van der Waals surface area contributed by atoms with Crippen LogP contribution in [0.25, 0.3) is 0 Å². The molecule has 0 aromatic heterocycles. The van der Waals surface area contributed by atoms with E-state index in [1.54, 1.807) is 0 Å². The second-order valence-electron chi connectivity index (χ2n) is 28.4. The molecule has 2 atom stereocenters. The summed E-state index contributed by atoms with van der Waals surface area (Å²) in [6.07, 6.45) is 98.0. The summed E-state index contributed by atoms with van der Waals surface area (Å²) >= 11 is 0. The summed E-state index contributed by atoms with van der Waals surface area (Å²) in [4.78, 5) is 36.0. The summed E-state index contributed by atoms with van der Waals surface area (Å²) in [5.41, 5.74) is 0. The Morgan fingerprint density at radius 1 is 0.337 bits per heavy atom. The fourth-order valence-corrected chi connectivity index (χ4v) is 12.6. The molecule has 0 aromatic rings. The smallest absolute Gasteiger partial charge is 0.462 e. The van der Waals surface area contributed by atoms with Crippen LogP contribution in [0.15, 0.2) is 60.8 Å². The lowest BCUT2D eigenvalue weighted by atomic mass is 10.0. The van der Waals surface area contributed by atoms with Gasteiger partial charge in [0.1, 0.15) is 19.8 Å². The van der Waals surface area contributed by atoms with Crippen LogP contribution in [0, 0.1) is 0 Å². The lowest BCUT2D eigenvalue weighted by Crippen LogP contribution is -2.37. The number of carbonyl (C=O) groups is 2. The van der Waals surface area contributed by atoms with Gasteiger partial charge in [0.2, 0.25) is 0 Å². The van der Waals surface area contributed by atoms with Gasteiger partial charge in [-0.2, -0.15) is 0 Å². The number of allylic oxidation sites excluding steroid dienone is 10. The molecule has 0 radical (unpaired) electrons. The summed E-state index contributed by atoms with van der Waals surface area (Å²) in [6, 6.07) is 0. The number of rotatable bonds is 75. The van der Waals surface area contributed by atoms with Crippen LogP contribution in [-0.2, 0) is 32.7 Å².